The Balaban J connectivity index is 1.63. The van der Waals surface area contributed by atoms with Crippen molar-refractivity contribution < 1.29 is 18.7 Å². The maximum absolute atomic E-state index is 12.9. The van der Waals surface area contributed by atoms with Crippen molar-refractivity contribution in [2.45, 2.75) is 44.1 Å². The second-order valence-corrected chi connectivity index (χ2v) is 7.02. The van der Waals surface area contributed by atoms with E-state index < -0.39 is 5.41 Å². The summed E-state index contributed by atoms with van der Waals surface area (Å²) in [7, 11) is 0. The second-order valence-electron chi connectivity index (χ2n) is 6.59. The van der Waals surface area contributed by atoms with E-state index in [1.807, 2.05) is 18.2 Å². The maximum Gasteiger partial charge on any atom is 0.317 e. The molecule has 3 rings (SSSR count). The molecule has 1 amide bonds. The van der Waals surface area contributed by atoms with Gasteiger partial charge in [0.05, 0.1) is 18.2 Å². The standard InChI is InChI=1S/C20H22ClNO4/c21-16-7-4-6-15(12-16)20(9-2-1-3-10-20)19(24)26-14-18(23)22-13-17-8-5-11-25-17/h4-8,11-12H,1-3,9-10,13-14H2,(H,22,23). The fraction of sp³-hybridized carbons (Fsp3) is 0.400. The quantitative estimate of drug-likeness (QED) is 0.775. The number of carbonyl (C=O) groups excluding carboxylic acids is 2. The molecule has 1 aromatic carbocycles. The van der Waals surface area contributed by atoms with Crippen LogP contribution in [0, 0.1) is 0 Å². The molecule has 1 aliphatic rings. The monoisotopic (exact) mass is 375 g/mol. The molecule has 0 bridgehead atoms. The van der Waals surface area contributed by atoms with E-state index in [0.29, 0.717) is 23.6 Å². The lowest BCUT2D eigenvalue weighted by molar-refractivity contribution is -0.155. The minimum absolute atomic E-state index is 0.267. The lowest BCUT2D eigenvalue weighted by atomic mass is 9.69. The summed E-state index contributed by atoms with van der Waals surface area (Å²) < 4.78 is 10.5. The van der Waals surface area contributed by atoms with Gasteiger partial charge in [-0.2, -0.15) is 0 Å². The molecular formula is C20H22ClNO4. The van der Waals surface area contributed by atoms with Gasteiger partial charge in [-0.15, -0.1) is 0 Å². The van der Waals surface area contributed by atoms with E-state index in [2.05, 4.69) is 5.32 Å². The zero-order valence-electron chi connectivity index (χ0n) is 14.5. The summed E-state index contributed by atoms with van der Waals surface area (Å²) in [6.07, 6.45) is 5.96. The Bertz CT molecular complexity index is 751. The summed E-state index contributed by atoms with van der Waals surface area (Å²) in [6.45, 7) is -0.0370. The largest absolute Gasteiger partial charge is 0.467 e. The van der Waals surface area contributed by atoms with Crippen molar-refractivity contribution >= 4 is 23.5 Å². The fourth-order valence-corrected chi connectivity index (χ4v) is 3.66. The van der Waals surface area contributed by atoms with Crippen molar-refractivity contribution in [3.05, 3.63) is 59.0 Å². The van der Waals surface area contributed by atoms with E-state index in [1.165, 1.54) is 0 Å². The molecule has 1 aromatic heterocycles. The molecule has 26 heavy (non-hydrogen) atoms. The van der Waals surface area contributed by atoms with Crippen LogP contribution in [-0.2, 0) is 26.3 Å². The van der Waals surface area contributed by atoms with Crippen LogP contribution in [0.5, 0.6) is 0 Å². The molecule has 0 spiro atoms. The van der Waals surface area contributed by atoms with Gasteiger partial charge in [-0.25, -0.2) is 0 Å². The fourth-order valence-electron chi connectivity index (χ4n) is 3.47. The zero-order chi connectivity index (χ0) is 18.4. The van der Waals surface area contributed by atoms with Crippen LogP contribution < -0.4 is 5.32 Å². The molecule has 1 saturated carbocycles. The van der Waals surface area contributed by atoms with Gasteiger partial charge in [0.15, 0.2) is 6.61 Å². The molecule has 5 nitrogen and oxygen atoms in total. The molecule has 1 fully saturated rings. The smallest absolute Gasteiger partial charge is 0.317 e. The number of amides is 1. The third kappa shape index (κ3) is 4.28. The second kappa shape index (κ2) is 8.41. The summed E-state index contributed by atoms with van der Waals surface area (Å²) in [4.78, 5) is 24.9. The SMILES string of the molecule is O=C(COC(=O)C1(c2cccc(Cl)c2)CCCCC1)NCc1ccco1. The summed E-state index contributed by atoms with van der Waals surface area (Å²) >= 11 is 6.12. The predicted octanol–water partition coefficient (Wildman–Crippen LogP) is 3.99. The molecule has 0 radical (unpaired) electrons. The molecule has 0 unspecified atom stereocenters. The number of halogens is 1. The molecule has 6 heteroatoms. The van der Waals surface area contributed by atoms with E-state index in [9.17, 15) is 9.59 Å². The van der Waals surface area contributed by atoms with Crippen molar-refractivity contribution in [2.24, 2.45) is 0 Å². The van der Waals surface area contributed by atoms with Gasteiger partial charge in [0.1, 0.15) is 5.76 Å². The minimum Gasteiger partial charge on any atom is -0.467 e. The number of ether oxygens (including phenoxy) is 1. The molecule has 0 atom stereocenters. The average Bonchev–Trinajstić information content (AvgIpc) is 3.18. The van der Waals surface area contributed by atoms with Crippen LogP contribution in [0.3, 0.4) is 0 Å². The van der Waals surface area contributed by atoms with Crippen LogP contribution >= 0.6 is 11.6 Å². The average molecular weight is 376 g/mol. The number of esters is 1. The molecule has 2 aromatic rings. The van der Waals surface area contributed by atoms with Crippen molar-refractivity contribution in [2.75, 3.05) is 6.61 Å². The van der Waals surface area contributed by atoms with Crippen LogP contribution in [0.2, 0.25) is 5.02 Å². The molecule has 1 aliphatic carbocycles. The topological polar surface area (TPSA) is 68.5 Å². The molecule has 0 aliphatic heterocycles. The minimum atomic E-state index is -0.718. The number of nitrogens with one attached hydrogen (secondary N) is 1. The van der Waals surface area contributed by atoms with Crippen LogP contribution in [0.1, 0.15) is 43.4 Å². The zero-order valence-corrected chi connectivity index (χ0v) is 15.3. The number of benzene rings is 1. The number of hydrogen-bond donors (Lipinski definition) is 1. The van der Waals surface area contributed by atoms with E-state index in [0.717, 1.165) is 24.8 Å². The highest BCUT2D eigenvalue weighted by atomic mass is 35.5. The molecule has 1 N–H and O–H groups in total. The van der Waals surface area contributed by atoms with E-state index in [4.69, 9.17) is 20.8 Å². The number of carbonyl (C=O) groups is 2. The van der Waals surface area contributed by atoms with Gasteiger partial charge in [0.25, 0.3) is 5.91 Å². The van der Waals surface area contributed by atoms with Gasteiger partial charge in [0.2, 0.25) is 0 Å². The third-order valence-corrected chi connectivity index (χ3v) is 5.08. The Labute approximate surface area is 157 Å². The first-order valence-corrected chi connectivity index (χ1v) is 9.20. The van der Waals surface area contributed by atoms with Crippen LogP contribution in [-0.4, -0.2) is 18.5 Å². The van der Waals surface area contributed by atoms with Crippen molar-refractivity contribution in [1.29, 1.82) is 0 Å². The molecular weight excluding hydrogens is 354 g/mol. The van der Waals surface area contributed by atoms with Gasteiger partial charge < -0.3 is 14.5 Å². The van der Waals surface area contributed by atoms with Crippen molar-refractivity contribution in [3.63, 3.8) is 0 Å². The van der Waals surface area contributed by atoms with E-state index in [1.54, 1.807) is 24.5 Å². The maximum atomic E-state index is 12.9. The highest BCUT2D eigenvalue weighted by Crippen LogP contribution is 2.41. The Morgan fingerprint density at radius 2 is 1.96 bits per heavy atom. The lowest BCUT2D eigenvalue weighted by Crippen LogP contribution is -2.41. The Hall–Kier alpha value is -2.27. The first-order valence-electron chi connectivity index (χ1n) is 8.82. The third-order valence-electron chi connectivity index (χ3n) is 4.85. The normalized spacial score (nSPS) is 16.0. The molecule has 138 valence electrons. The highest BCUT2D eigenvalue weighted by molar-refractivity contribution is 6.30. The van der Waals surface area contributed by atoms with E-state index in [-0.39, 0.29) is 25.0 Å². The van der Waals surface area contributed by atoms with Crippen LogP contribution in [0.25, 0.3) is 0 Å². The van der Waals surface area contributed by atoms with Crippen molar-refractivity contribution in [3.8, 4) is 0 Å². The summed E-state index contributed by atoms with van der Waals surface area (Å²) in [5.41, 5.74) is 0.149. The summed E-state index contributed by atoms with van der Waals surface area (Å²) in [5, 5.41) is 3.27. The van der Waals surface area contributed by atoms with Gasteiger partial charge in [-0.1, -0.05) is 43.0 Å². The van der Waals surface area contributed by atoms with Gasteiger partial charge >= 0.3 is 5.97 Å². The Morgan fingerprint density at radius 1 is 1.15 bits per heavy atom. The Morgan fingerprint density at radius 3 is 2.65 bits per heavy atom. The molecule has 0 saturated heterocycles. The van der Waals surface area contributed by atoms with Gasteiger partial charge in [-0.3, -0.25) is 9.59 Å². The van der Waals surface area contributed by atoms with Gasteiger partial charge in [0, 0.05) is 5.02 Å². The van der Waals surface area contributed by atoms with Gasteiger partial charge in [-0.05, 0) is 42.7 Å². The number of furan rings is 1. The summed E-state index contributed by atoms with van der Waals surface area (Å²) in [5.74, 6) is -0.0632. The van der Waals surface area contributed by atoms with Crippen LogP contribution in [0.4, 0.5) is 0 Å². The number of hydrogen-bond acceptors (Lipinski definition) is 4. The summed E-state index contributed by atoms with van der Waals surface area (Å²) in [6, 6.07) is 10.9. The first kappa shape index (κ1) is 18.5. The van der Waals surface area contributed by atoms with Crippen LogP contribution in [0.15, 0.2) is 47.1 Å². The molecule has 1 heterocycles. The highest BCUT2D eigenvalue weighted by Gasteiger charge is 2.42. The lowest BCUT2D eigenvalue weighted by Gasteiger charge is -2.35. The number of rotatable bonds is 6. The Kier molecular flexibility index (Phi) is 5.99. The van der Waals surface area contributed by atoms with E-state index >= 15 is 0 Å². The predicted molar refractivity (Wildman–Crippen MR) is 97.7 cm³/mol. The first-order chi connectivity index (χ1) is 12.6. The van der Waals surface area contributed by atoms with Crippen molar-refractivity contribution in [1.82, 2.24) is 5.32 Å².